The minimum Gasteiger partial charge on any atom is -0.302 e. The summed E-state index contributed by atoms with van der Waals surface area (Å²) in [5.41, 5.74) is 0.256. The average molecular weight is 318 g/mol. The first-order valence-electron chi connectivity index (χ1n) is 7.21. The van der Waals surface area contributed by atoms with E-state index in [9.17, 15) is 18.0 Å². The van der Waals surface area contributed by atoms with E-state index in [2.05, 4.69) is 0 Å². The Morgan fingerprint density at radius 2 is 1.52 bits per heavy atom. The minimum atomic E-state index is -4.33. The van der Waals surface area contributed by atoms with Crippen LogP contribution in [0.1, 0.15) is 30.0 Å². The predicted octanol–water partition coefficient (Wildman–Crippen LogP) is 5.27. The van der Waals surface area contributed by atoms with Crippen LogP contribution in [0, 0.1) is 0 Å². The molecule has 0 N–H and O–H groups in total. The highest BCUT2D eigenvalue weighted by molar-refractivity contribution is 5.68. The van der Waals surface area contributed by atoms with Crippen LogP contribution in [0.15, 0.2) is 60.7 Å². The molecule has 2 aromatic carbocycles. The van der Waals surface area contributed by atoms with E-state index >= 15 is 0 Å². The molecule has 0 saturated carbocycles. The van der Waals surface area contributed by atoms with Gasteiger partial charge in [0, 0.05) is 0 Å². The van der Waals surface area contributed by atoms with Crippen LogP contribution >= 0.6 is 0 Å². The molecule has 0 aromatic heterocycles. The van der Waals surface area contributed by atoms with E-state index in [1.165, 1.54) is 12.1 Å². The third kappa shape index (κ3) is 4.31. The van der Waals surface area contributed by atoms with E-state index in [4.69, 9.17) is 0 Å². The summed E-state index contributed by atoms with van der Waals surface area (Å²) in [4.78, 5) is 11.5. The summed E-state index contributed by atoms with van der Waals surface area (Å²) in [6.07, 6.45) is 0.585. The number of alkyl halides is 3. The first-order chi connectivity index (χ1) is 10.8. The van der Waals surface area contributed by atoms with Gasteiger partial charge in [-0.1, -0.05) is 54.6 Å². The maximum atomic E-state index is 12.5. The lowest BCUT2D eigenvalue weighted by molar-refractivity contribution is -0.137. The number of hydrogen-bond acceptors (Lipinski definition) is 1. The van der Waals surface area contributed by atoms with Gasteiger partial charge in [-0.05, 0) is 36.6 Å². The second-order valence-corrected chi connectivity index (χ2v) is 5.63. The van der Waals surface area contributed by atoms with Crippen molar-refractivity contribution in [1.29, 1.82) is 0 Å². The van der Waals surface area contributed by atoms with Gasteiger partial charge < -0.3 is 4.79 Å². The van der Waals surface area contributed by atoms with Crippen molar-refractivity contribution in [3.8, 4) is 0 Å². The van der Waals surface area contributed by atoms with Gasteiger partial charge in [0.15, 0.2) is 0 Å². The Labute approximate surface area is 133 Å². The van der Waals surface area contributed by atoms with Crippen LogP contribution in [0.3, 0.4) is 0 Å². The van der Waals surface area contributed by atoms with Crippen molar-refractivity contribution >= 4 is 12.4 Å². The molecule has 0 aliphatic carbocycles. The van der Waals surface area contributed by atoms with Crippen LogP contribution in [0.4, 0.5) is 13.2 Å². The molecule has 120 valence electrons. The highest BCUT2D eigenvalue weighted by Gasteiger charge is 2.29. The molecule has 0 saturated heterocycles. The van der Waals surface area contributed by atoms with Crippen molar-refractivity contribution in [2.24, 2.45) is 0 Å². The molecule has 0 bridgehead atoms. The second kappa shape index (κ2) is 6.82. The molecule has 23 heavy (non-hydrogen) atoms. The van der Waals surface area contributed by atoms with Crippen LogP contribution in [-0.4, -0.2) is 6.29 Å². The highest BCUT2D eigenvalue weighted by atomic mass is 19.4. The van der Waals surface area contributed by atoms with E-state index in [0.717, 1.165) is 24.0 Å². The highest BCUT2D eigenvalue weighted by Crippen LogP contribution is 2.29. The average Bonchev–Trinajstić information content (AvgIpc) is 2.55. The van der Waals surface area contributed by atoms with Crippen LogP contribution in [0.2, 0.25) is 0 Å². The third-order valence-corrected chi connectivity index (χ3v) is 3.78. The molecule has 0 aliphatic heterocycles. The van der Waals surface area contributed by atoms with E-state index in [0.29, 0.717) is 12.0 Å². The van der Waals surface area contributed by atoms with Gasteiger partial charge in [0.2, 0.25) is 0 Å². The summed E-state index contributed by atoms with van der Waals surface area (Å²) in [6, 6.07) is 14.3. The Hall–Kier alpha value is -2.36. The molecule has 2 aromatic rings. The van der Waals surface area contributed by atoms with Crippen LogP contribution in [0.25, 0.3) is 6.08 Å². The molecule has 0 heterocycles. The number of allylic oxidation sites excluding steroid dienone is 1. The zero-order valence-electron chi connectivity index (χ0n) is 12.7. The van der Waals surface area contributed by atoms with E-state index in [1.807, 2.05) is 43.3 Å². The van der Waals surface area contributed by atoms with Gasteiger partial charge in [0.1, 0.15) is 6.29 Å². The fourth-order valence-electron chi connectivity index (χ4n) is 2.28. The Kier molecular flexibility index (Phi) is 5.04. The number of benzene rings is 2. The number of carbonyl (C=O) groups is 1. The van der Waals surface area contributed by atoms with Gasteiger partial charge in [-0.25, -0.2) is 0 Å². The molecule has 1 atom stereocenters. The Morgan fingerprint density at radius 1 is 0.913 bits per heavy atom. The lowest BCUT2D eigenvalue weighted by Crippen LogP contribution is -2.22. The Bertz CT molecular complexity index is 672. The largest absolute Gasteiger partial charge is 0.416 e. The van der Waals surface area contributed by atoms with Crippen molar-refractivity contribution in [2.45, 2.75) is 24.9 Å². The second-order valence-electron chi connectivity index (χ2n) is 5.63. The van der Waals surface area contributed by atoms with Crippen molar-refractivity contribution in [1.82, 2.24) is 0 Å². The van der Waals surface area contributed by atoms with Gasteiger partial charge in [0.05, 0.1) is 11.0 Å². The monoisotopic (exact) mass is 318 g/mol. The van der Waals surface area contributed by atoms with Crippen molar-refractivity contribution in [3.63, 3.8) is 0 Å². The van der Waals surface area contributed by atoms with Crippen molar-refractivity contribution < 1.29 is 18.0 Å². The van der Waals surface area contributed by atoms with Gasteiger partial charge in [-0.3, -0.25) is 0 Å². The van der Waals surface area contributed by atoms with Crippen LogP contribution < -0.4 is 0 Å². The topological polar surface area (TPSA) is 17.1 Å². The molecule has 0 radical (unpaired) electrons. The maximum absolute atomic E-state index is 12.5. The number of rotatable bonds is 5. The van der Waals surface area contributed by atoms with Crippen molar-refractivity contribution in [2.75, 3.05) is 0 Å². The Morgan fingerprint density at radius 3 is 2.04 bits per heavy atom. The van der Waals surface area contributed by atoms with Crippen molar-refractivity contribution in [3.05, 3.63) is 77.4 Å². The number of halogens is 3. The molecular formula is C19H17F3O. The normalized spacial score (nSPS) is 14.6. The summed E-state index contributed by atoms with van der Waals surface area (Å²) in [5.74, 6) is 0. The first kappa shape index (κ1) is 17.0. The molecule has 0 fully saturated rings. The first-order valence-corrected chi connectivity index (χ1v) is 7.21. The Balaban J connectivity index is 2.10. The van der Waals surface area contributed by atoms with Gasteiger partial charge in [0.25, 0.3) is 0 Å². The summed E-state index contributed by atoms with van der Waals surface area (Å²) in [6.45, 7) is 1.84. The standard InChI is InChI=1S/C19H17F3O/c1-18(14-23,16-7-3-2-4-8-16)13-5-6-15-9-11-17(12-10-15)19(20,21)22/h2-12,14H,13H2,1H3/b6-5-/t18-/m0/s1. The minimum absolute atomic E-state index is 0.474. The number of aldehydes is 1. The molecule has 4 heteroatoms. The van der Waals surface area contributed by atoms with Gasteiger partial charge >= 0.3 is 6.18 Å². The lowest BCUT2D eigenvalue weighted by atomic mass is 9.81. The molecule has 2 rings (SSSR count). The number of hydrogen-bond donors (Lipinski definition) is 0. The van der Waals surface area contributed by atoms with Crippen LogP contribution in [0.5, 0.6) is 0 Å². The van der Waals surface area contributed by atoms with E-state index in [1.54, 1.807) is 6.08 Å². The lowest BCUT2D eigenvalue weighted by Gasteiger charge is -2.21. The smallest absolute Gasteiger partial charge is 0.302 e. The molecular weight excluding hydrogens is 301 g/mol. The third-order valence-electron chi connectivity index (χ3n) is 3.78. The fraction of sp³-hybridized carbons (Fsp3) is 0.211. The van der Waals surface area contributed by atoms with Gasteiger partial charge in [-0.2, -0.15) is 13.2 Å². The van der Waals surface area contributed by atoms with Crippen LogP contribution in [-0.2, 0) is 16.4 Å². The summed E-state index contributed by atoms with van der Waals surface area (Å²) < 4.78 is 37.5. The van der Waals surface area contributed by atoms with E-state index < -0.39 is 17.2 Å². The number of carbonyl (C=O) groups excluding carboxylic acids is 1. The molecule has 0 spiro atoms. The van der Waals surface area contributed by atoms with E-state index in [-0.39, 0.29) is 0 Å². The fourth-order valence-corrected chi connectivity index (χ4v) is 2.28. The summed E-state index contributed by atoms with van der Waals surface area (Å²) >= 11 is 0. The quantitative estimate of drug-likeness (QED) is 0.687. The molecule has 0 amide bonds. The SMILES string of the molecule is C[C@@](C=O)(C/C=C\c1ccc(C(F)(F)F)cc1)c1ccccc1. The predicted molar refractivity (Wildman–Crippen MR) is 85.0 cm³/mol. The van der Waals surface area contributed by atoms with Gasteiger partial charge in [-0.15, -0.1) is 0 Å². The summed E-state index contributed by atoms with van der Waals surface area (Å²) in [5, 5.41) is 0. The molecule has 0 unspecified atom stereocenters. The maximum Gasteiger partial charge on any atom is 0.416 e. The molecule has 1 nitrogen and oxygen atoms in total. The zero-order chi connectivity index (χ0) is 16.9. The molecule has 0 aliphatic rings. The zero-order valence-corrected chi connectivity index (χ0v) is 12.7. The summed E-state index contributed by atoms with van der Waals surface area (Å²) in [7, 11) is 0.